The Balaban J connectivity index is 2.14. The van der Waals surface area contributed by atoms with Crippen LogP contribution in [-0.2, 0) is 6.42 Å². The molecule has 0 unspecified atom stereocenters. The Morgan fingerprint density at radius 2 is 1.45 bits per heavy atom. The zero-order valence-corrected chi connectivity index (χ0v) is 5.99. The molecule has 0 fully saturated rings. The van der Waals surface area contributed by atoms with Crippen LogP contribution in [0.3, 0.4) is 0 Å². The molecule has 2 rings (SSSR count). The molecule has 0 N–H and O–H groups in total. The topological polar surface area (TPSA) is 26.3 Å². The average Bonchev–Trinajstić information content (AvgIpc) is 2.60. The first-order chi connectivity index (χ1) is 5.45. The van der Waals surface area contributed by atoms with Gasteiger partial charge in [-0.3, -0.25) is 0 Å². The number of hydrogen-bond donors (Lipinski definition) is 0. The third-order valence-corrected chi connectivity index (χ3v) is 1.51. The molecule has 0 spiro atoms. The molecule has 0 aliphatic carbocycles. The molecule has 0 aromatic carbocycles. The third-order valence-electron chi connectivity index (χ3n) is 1.51. The first-order valence-corrected chi connectivity index (χ1v) is 3.50. The van der Waals surface area contributed by atoms with Gasteiger partial charge in [0.15, 0.2) is 0 Å². The van der Waals surface area contributed by atoms with Gasteiger partial charge in [-0.25, -0.2) is 0 Å². The summed E-state index contributed by atoms with van der Waals surface area (Å²) in [7, 11) is 0. The molecule has 2 heteroatoms. The maximum atomic E-state index is 5.15. The van der Waals surface area contributed by atoms with Crippen molar-refractivity contribution in [2.45, 2.75) is 6.42 Å². The van der Waals surface area contributed by atoms with E-state index in [1.54, 1.807) is 12.5 Å². The molecule has 11 heavy (non-hydrogen) atoms. The van der Waals surface area contributed by atoms with Gasteiger partial charge in [0.25, 0.3) is 0 Å². The van der Waals surface area contributed by atoms with Crippen molar-refractivity contribution in [2.24, 2.45) is 0 Å². The van der Waals surface area contributed by atoms with Gasteiger partial charge in [-0.05, 0) is 24.3 Å². The SMILES string of the molecule is c1coc(Cc2ccco2)c1. The van der Waals surface area contributed by atoms with Crippen molar-refractivity contribution in [1.29, 1.82) is 0 Å². The zero-order valence-electron chi connectivity index (χ0n) is 5.99. The van der Waals surface area contributed by atoms with Crippen LogP contribution in [0.15, 0.2) is 45.6 Å². The molecule has 0 amide bonds. The minimum Gasteiger partial charge on any atom is -0.469 e. The highest BCUT2D eigenvalue weighted by Gasteiger charge is 1.99. The average molecular weight is 148 g/mol. The van der Waals surface area contributed by atoms with Crippen LogP contribution in [0.5, 0.6) is 0 Å². The van der Waals surface area contributed by atoms with Crippen molar-refractivity contribution in [1.82, 2.24) is 0 Å². The van der Waals surface area contributed by atoms with Crippen molar-refractivity contribution in [3.8, 4) is 0 Å². The molecular formula is C9H8O2. The monoisotopic (exact) mass is 148 g/mol. The van der Waals surface area contributed by atoms with Gasteiger partial charge in [-0.1, -0.05) is 0 Å². The van der Waals surface area contributed by atoms with Crippen molar-refractivity contribution in [2.75, 3.05) is 0 Å². The van der Waals surface area contributed by atoms with E-state index < -0.39 is 0 Å². The summed E-state index contributed by atoms with van der Waals surface area (Å²) in [5.41, 5.74) is 0. The molecule has 2 aromatic rings. The summed E-state index contributed by atoms with van der Waals surface area (Å²) in [6.07, 6.45) is 4.07. The van der Waals surface area contributed by atoms with Gasteiger partial charge in [0, 0.05) is 0 Å². The van der Waals surface area contributed by atoms with Gasteiger partial charge in [-0.15, -0.1) is 0 Å². The molecule has 0 radical (unpaired) electrons. The fourth-order valence-corrected chi connectivity index (χ4v) is 0.998. The minimum atomic E-state index is 0.736. The lowest BCUT2D eigenvalue weighted by Crippen LogP contribution is -1.79. The zero-order chi connectivity index (χ0) is 7.52. The summed E-state index contributed by atoms with van der Waals surface area (Å²) in [5, 5.41) is 0. The molecule has 0 atom stereocenters. The second kappa shape index (κ2) is 2.66. The fourth-order valence-electron chi connectivity index (χ4n) is 0.998. The summed E-state index contributed by atoms with van der Waals surface area (Å²) < 4.78 is 10.3. The Kier molecular flexibility index (Phi) is 1.52. The van der Waals surface area contributed by atoms with Gasteiger partial charge in [0.2, 0.25) is 0 Å². The Morgan fingerprint density at radius 1 is 0.909 bits per heavy atom. The highest BCUT2D eigenvalue weighted by atomic mass is 16.3. The van der Waals surface area contributed by atoms with Gasteiger partial charge in [0.1, 0.15) is 11.5 Å². The molecule has 0 aliphatic rings. The largest absolute Gasteiger partial charge is 0.469 e. The van der Waals surface area contributed by atoms with E-state index in [9.17, 15) is 0 Å². The van der Waals surface area contributed by atoms with Crippen LogP contribution in [0, 0.1) is 0 Å². The molecule has 0 saturated heterocycles. The summed E-state index contributed by atoms with van der Waals surface area (Å²) in [4.78, 5) is 0. The van der Waals surface area contributed by atoms with Crippen LogP contribution in [0.1, 0.15) is 11.5 Å². The van der Waals surface area contributed by atoms with Crippen molar-refractivity contribution < 1.29 is 8.83 Å². The number of rotatable bonds is 2. The predicted octanol–water partition coefficient (Wildman–Crippen LogP) is 2.46. The lowest BCUT2D eigenvalue weighted by molar-refractivity contribution is 0.474. The first-order valence-electron chi connectivity index (χ1n) is 3.50. The summed E-state index contributed by atoms with van der Waals surface area (Å²) >= 11 is 0. The maximum absolute atomic E-state index is 5.15. The first kappa shape index (κ1) is 6.28. The van der Waals surface area contributed by atoms with Crippen molar-refractivity contribution >= 4 is 0 Å². The van der Waals surface area contributed by atoms with Gasteiger partial charge in [-0.2, -0.15) is 0 Å². The lowest BCUT2D eigenvalue weighted by atomic mass is 10.3. The Labute approximate surface area is 64.4 Å². The summed E-state index contributed by atoms with van der Waals surface area (Å²) in [5.74, 6) is 1.86. The molecule has 0 aliphatic heterocycles. The summed E-state index contributed by atoms with van der Waals surface area (Å²) in [6, 6.07) is 7.61. The molecular weight excluding hydrogens is 140 g/mol. The smallest absolute Gasteiger partial charge is 0.111 e. The normalized spacial score (nSPS) is 10.2. The molecule has 56 valence electrons. The fraction of sp³-hybridized carbons (Fsp3) is 0.111. The van der Waals surface area contributed by atoms with E-state index in [1.165, 1.54) is 0 Å². The third kappa shape index (κ3) is 1.34. The predicted molar refractivity (Wildman–Crippen MR) is 40.2 cm³/mol. The second-order valence-corrected chi connectivity index (χ2v) is 2.34. The van der Waals surface area contributed by atoms with E-state index in [0.29, 0.717) is 0 Å². The van der Waals surface area contributed by atoms with Gasteiger partial charge < -0.3 is 8.83 Å². The Hall–Kier alpha value is -1.44. The number of furan rings is 2. The van der Waals surface area contributed by atoms with Crippen LogP contribution in [0.2, 0.25) is 0 Å². The highest BCUT2D eigenvalue weighted by Crippen LogP contribution is 2.09. The summed E-state index contributed by atoms with van der Waals surface area (Å²) in [6.45, 7) is 0. The molecule has 2 nitrogen and oxygen atoms in total. The van der Waals surface area contributed by atoms with Gasteiger partial charge in [0.05, 0.1) is 18.9 Å². The van der Waals surface area contributed by atoms with E-state index in [0.717, 1.165) is 17.9 Å². The number of hydrogen-bond acceptors (Lipinski definition) is 2. The van der Waals surface area contributed by atoms with Crippen LogP contribution in [0.4, 0.5) is 0 Å². The Bertz CT molecular complexity index is 260. The van der Waals surface area contributed by atoms with E-state index in [2.05, 4.69) is 0 Å². The quantitative estimate of drug-likeness (QED) is 0.653. The van der Waals surface area contributed by atoms with Crippen LogP contribution in [0.25, 0.3) is 0 Å². The van der Waals surface area contributed by atoms with Crippen LogP contribution < -0.4 is 0 Å². The van der Waals surface area contributed by atoms with E-state index in [4.69, 9.17) is 8.83 Å². The van der Waals surface area contributed by atoms with E-state index >= 15 is 0 Å². The van der Waals surface area contributed by atoms with Gasteiger partial charge >= 0.3 is 0 Å². The molecule has 2 heterocycles. The molecule has 0 bridgehead atoms. The highest BCUT2D eigenvalue weighted by molar-refractivity contribution is 5.09. The molecule has 2 aromatic heterocycles. The van der Waals surface area contributed by atoms with Crippen LogP contribution in [-0.4, -0.2) is 0 Å². The minimum absolute atomic E-state index is 0.736. The van der Waals surface area contributed by atoms with Crippen molar-refractivity contribution in [3.05, 3.63) is 48.3 Å². The Morgan fingerprint density at radius 3 is 1.82 bits per heavy atom. The lowest BCUT2D eigenvalue weighted by Gasteiger charge is -1.89. The maximum Gasteiger partial charge on any atom is 0.111 e. The standard InChI is InChI=1S/C9H8O2/c1-3-8(10-5-1)7-9-4-2-6-11-9/h1-6H,7H2. The van der Waals surface area contributed by atoms with Crippen molar-refractivity contribution in [3.63, 3.8) is 0 Å². The molecule has 0 saturated carbocycles. The van der Waals surface area contributed by atoms with Crippen LogP contribution >= 0.6 is 0 Å². The van der Waals surface area contributed by atoms with E-state index in [-0.39, 0.29) is 0 Å². The second-order valence-electron chi connectivity index (χ2n) is 2.34. The van der Waals surface area contributed by atoms with E-state index in [1.807, 2.05) is 24.3 Å².